The number of hydrogen-bond donors (Lipinski definition) is 1. The van der Waals surface area contributed by atoms with Gasteiger partial charge in [-0.2, -0.15) is 0 Å². The van der Waals surface area contributed by atoms with Crippen LogP contribution < -0.4 is 5.32 Å². The molecule has 2 rings (SSSR count). The molecule has 0 radical (unpaired) electrons. The minimum absolute atomic E-state index is 0.823. The molecule has 1 aliphatic carbocycles. The fourth-order valence-electron chi connectivity index (χ4n) is 2.90. The molecule has 2 heteroatoms. The highest BCUT2D eigenvalue weighted by Gasteiger charge is 2.18. The standard InChI is InChI=1S/C13H26N2/c1-12-4-6-13(7-5-12)14-8-11-15-9-2-3-10-15/h12-14H,2-11H2,1H3. The number of nitrogens with zero attached hydrogens (tertiary/aromatic N) is 1. The first-order valence-electron chi connectivity index (χ1n) is 6.80. The Labute approximate surface area is 94.4 Å². The van der Waals surface area contributed by atoms with E-state index in [9.17, 15) is 0 Å². The van der Waals surface area contributed by atoms with Crippen molar-refractivity contribution in [1.82, 2.24) is 10.2 Å². The number of hydrogen-bond acceptors (Lipinski definition) is 2. The summed E-state index contributed by atoms with van der Waals surface area (Å²) in [6.45, 7) is 7.54. The summed E-state index contributed by atoms with van der Waals surface area (Å²) in [6.07, 6.45) is 8.51. The van der Waals surface area contributed by atoms with E-state index in [2.05, 4.69) is 17.1 Å². The molecular weight excluding hydrogens is 184 g/mol. The Kier molecular flexibility index (Phi) is 4.45. The fourth-order valence-corrected chi connectivity index (χ4v) is 2.90. The van der Waals surface area contributed by atoms with E-state index in [1.165, 1.54) is 64.7 Å². The number of likely N-dealkylation sites (tertiary alicyclic amines) is 1. The average Bonchev–Trinajstić information content (AvgIpc) is 2.74. The summed E-state index contributed by atoms with van der Waals surface area (Å²) in [4.78, 5) is 2.60. The van der Waals surface area contributed by atoms with E-state index in [-0.39, 0.29) is 0 Å². The van der Waals surface area contributed by atoms with Gasteiger partial charge in [0.1, 0.15) is 0 Å². The molecule has 2 nitrogen and oxygen atoms in total. The second-order valence-electron chi connectivity index (χ2n) is 5.46. The van der Waals surface area contributed by atoms with Crippen LogP contribution in [0.2, 0.25) is 0 Å². The van der Waals surface area contributed by atoms with Gasteiger partial charge in [-0.3, -0.25) is 0 Å². The molecule has 2 fully saturated rings. The quantitative estimate of drug-likeness (QED) is 0.765. The van der Waals surface area contributed by atoms with Crippen LogP contribution >= 0.6 is 0 Å². The summed E-state index contributed by atoms with van der Waals surface area (Å²) in [5.74, 6) is 0.974. The predicted octanol–water partition coefficient (Wildman–Crippen LogP) is 2.25. The smallest absolute Gasteiger partial charge is 0.0107 e. The van der Waals surface area contributed by atoms with Crippen molar-refractivity contribution < 1.29 is 0 Å². The van der Waals surface area contributed by atoms with Crippen LogP contribution in [0.5, 0.6) is 0 Å². The van der Waals surface area contributed by atoms with Gasteiger partial charge >= 0.3 is 0 Å². The zero-order chi connectivity index (χ0) is 10.5. The summed E-state index contributed by atoms with van der Waals surface area (Å²) < 4.78 is 0. The Balaban J connectivity index is 1.53. The zero-order valence-corrected chi connectivity index (χ0v) is 10.2. The minimum atomic E-state index is 0.823. The van der Waals surface area contributed by atoms with Gasteiger partial charge in [0.25, 0.3) is 0 Å². The lowest BCUT2D eigenvalue weighted by atomic mass is 9.87. The number of nitrogens with one attached hydrogen (secondary N) is 1. The molecule has 88 valence electrons. The molecule has 1 saturated heterocycles. The van der Waals surface area contributed by atoms with Crippen LogP contribution in [0.15, 0.2) is 0 Å². The van der Waals surface area contributed by atoms with E-state index in [1.54, 1.807) is 0 Å². The summed E-state index contributed by atoms with van der Waals surface area (Å²) >= 11 is 0. The van der Waals surface area contributed by atoms with E-state index >= 15 is 0 Å². The molecule has 0 atom stereocenters. The van der Waals surface area contributed by atoms with Crippen molar-refractivity contribution in [3.63, 3.8) is 0 Å². The van der Waals surface area contributed by atoms with Crippen LogP contribution in [0, 0.1) is 5.92 Å². The van der Waals surface area contributed by atoms with E-state index < -0.39 is 0 Å². The van der Waals surface area contributed by atoms with E-state index in [4.69, 9.17) is 0 Å². The van der Waals surface area contributed by atoms with E-state index in [0.717, 1.165) is 12.0 Å². The topological polar surface area (TPSA) is 15.3 Å². The molecule has 0 bridgehead atoms. The lowest BCUT2D eigenvalue weighted by Crippen LogP contribution is -2.38. The lowest BCUT2D eigenvalue weighted by molar-refractivity contribution is 0.283. The highest BCUT2D eigenvalue weighted by atomic mass is 15.2. The third kappa shape index (κ3) is 3.76. The predicted molar refractivity (Wildman–Crippen MR) is 65.1 cm³/mol. The summed E-state index contributed by atoms with van der Waals surface area (Å²) in [7, 11) is 0. The maximum absolute atomic E-state index is 3.73. The summed E-state index contributed by atoms with van der Waals surface area (Å²) in [5, 5.41) is 3.73. The van der Waals surface area contributed by atoms with Gasteiger partial charge in [0.2, 0.25) is 0 Å². The molecule has 0 spiro atoms. The first kappa shape index (κ1) is 11.4. The van der Waals surface area contributed by atoms with Gasteiger partial charge in [-0.15, -0.1) is 0 Å². The maximum Gasteiger partial charge on any atom is 0.0107 e. The molecule has 0 unspecified atom stereocenters. The Morgan fingerprint density at radius 3 is 2.40 bits per heavy atom. The first-order valence-corrected chi connectivity index (χ1v) is 6.80. The van der Waals surface area contributed by atoms with Gasteiger partial charge in [-0.05, 0) is 57.5 Å². The van der Waals surface area contributed by atoms with Crippen molar-refractivity contribution in [3.8, 4) is 0 Å². The third-order valence-electron chi connectivity index (χ3n) is 4.08. The Hall–Kier alpha value is -0.0800. The molecule has 1 saturated carbocycles. The molecule has 1 N–H and O–H groups in total. The van der Waals surface area contributed by atoms with Gasteiger partial charge in [0.05, 0.1) is 0 Å². The van der Waals surface area contributed by atoms with Gasteiger partial charge in [0.15, 0.2) is 0 Å². The second kappa shape index (κ2) is 5.86. The largest absolute Gasteiger partial charge is 0.313 e. The Morgan fingerprint density at radius 1 is 1.07 bits per heavy atom. The average molecular weight is 210 g/mol. The van der Waals surface area contributed by atoms with Gasteiger partial charge < -0.3 is 10.2 Å². The van der Waals surface area contributed by atoms with Gasteiger partial charge in [-0.25, -0.2) is 0 Å². The van der Waals surface area contributed by atoms with E-state index in [0.29, 0.717) is 0 Å². The fraction of sp³-hybridized carbons (Fsp3) is 1.00. The van der Waals surface area contributed by atoms with Crippen molar-refractivity contribution in [2.24, 2.45) is 5.92 Å². The van der Waals surface area contributed by atoms with Crippen molar-refractivity contribution >= 4 is 0 Å². The van der Waals surface area contributed by atoms with Crippen LogP contribution in [0.25, 0.3) is 0 Å². The lowest BCUT2D eigenvalue weighted by Gasteiger charge is -2.27. The molecule has 0 aromatic rings. The summed E-state index contributed by atoms with van der Waals surface area (Å²) in [5.41, 5.74) is 0. The van der Waals surface area contributed by atoms with Crippen molar-refractivity contribution in [3.05, 3.63) is 0 Å². The highest BCUT2D eigenvalue weighted by molar-refractivity contribution is 4.76. The molecular formula is C13H26N2. The highest BCUT2D eigenvalue weighted by Crippen LogP contribution is 2.23. The van der Waals surface area contributed by atoms with Crippen molar-refractivity contribution in [1.29, 1.82) is 0 Å². The molecule has 0 amide bonds. The number of rotatable bonds is 4. The SMILES string of the molecule is CC1CCC(NCCN2CCCC2)CC1. The third-order valence-corrected chi connectivity index (χ3v) is 4.08. The van der Waals surface area contributed by atoms with Crippen LogP contribution in [0.3, 0.4) is 0 Å². The summed E-state index contributed by atoms with van der Waals surface area (Å²) in [6, 6.07) is 0.823. The molecule has 2 aliphatic rings. The zero-order valence-electron chi connectivity index (χ0n) is 10.2. The van der Waals surface area contributed by atoms with Crippen LogP contribution in [-0.2, 0) is 0 Å². The normalized spacial score (nSPS) is 33.4. The molecule has 1 aliphatic heterocycles. The molecule has 0 aromatic carbocycles. The van der Waals surface area contributed by atoms with Crippen molar-refractivity contribution in [2.45, 2.75) is 51.5 Å². The Morgan fingerprint density at radius 2 is 1.73 bits per heavy atom. The van der Waals surface area contributed by atoms with E-state index in [1.807, 2.05) is 0 Å². The maximum atomic E-state index is 3.73. The minimum Gasteiger partial charge on any atom is -0.313 e. The van der Waals surface area contributed by atoms with Gasteiger partial charge in [0, 0.05) is 19.1 Å². The van der Waals surface area contributed by atoms with Crippen LogP contribution in [-0.4, -0.2) is 37.1 Å². The first-order chi connectivity index (χ1) is 7.34. The Bertz CT molecular complexity index is 167. The molecule has 0 aromatic heterocycles. The van der Waals surface area contributed by atoms with Crippen LogP contribution in [0.1, 0.15) is 45.4 Å². The van der Waals surface area contributed by atoms with Gasteiger partial charge in [-0.1, -0.05) is 6.92 Å². The molecule has 1 heterocycles. The monoisotopic (exact) mass is 210 g/mol. The molecule has 15 heavy (non-hydrogen) atoms. The van der Waals surface area contributed by atoms with Crippen LogP contribution in [0.4, 0.5) is 0 Å². The van der Waals surface area contributed by atoms with Crippen molar-refractivity contribution in [2.75, 3.05) is 26.2 Å². The second-order valence-corrected chi connectivity index (χ2v) is 5.46.